The predicted octanol–water partition coefficient (Wildman–Crippen LogP) is 4.80. The molecule has 2 heteroatoms. The molecule has 0 N–H and O–H groups in total. The Bertz CT molecular complexity index is 803. The van der Waals surface area contributed by atoms with Crippen molar-refractivity contribution in [1.29, 1.82) is 0 Å². The van der Waals surface area contributed by atoms with Crippen LogP contribution in [0.3, 0.4) is 0 Å². The van der Waals surface area contributed by atoms with Crippen molar-refractivity contribution in [1.82, 2.24) is 0 Å². The zero-order valence-corrected chi connectivity index (χ0v) is 12.7. The summed E-state index contributed by atoms with van der Waals surface area (Å²) in [6.45, 7) is 3.79. The van der Waals surface area contributed by atoms with E-state index >= 15 is 0 Å². The van der Waals surface area contributed by atoms with Gasteiger partial charge in [0.15, 0.2) is 6.10 Å². The molecule has 0 saturated carbocycles. The van der Waals surface area contributed by atoms with Crippen molar-refractivity contribution in [3.63, 3.8) is 0 Å². The van der Waals surface area contributed by atoms with Gasteiger partial charge in [0.2, 0.25) is 5.78 Å². The number of hydrogen-bond donors (Lipinski definition) is 0. The van der Waals surface area contributed by atoms with E-state index < -0.39 is 6.10 Å². The summed E-state index contributed by atoms with van der Waals surface area (Å²) in [5.74, 6) is 0.708. The molecule has 0 unspecified atom stereocenters. The Morgan fingerprint density at radius 2 is 1.59 bits per heavy atom. The number of carbonyl (C=O) groups excluding carboxylic acids is 1. The summed E-state index contributed by atoms with van der Waals surface area (Å²) >= 11 is 0. The molecule has 0 fully saturated rings. The molecule has 0 radical (unpaired) electrons. The smallest absolute Gasteiger partial charge is 0.202 e. The standard InChI is InChI=1S/C20H18O2/c1-14-7-9-17(10-8-14)20(21)15(2)22-19-12-11-16-5-3-4-6-18(16)13-19/h3-13,15H,1-2H3/t15-/m1/s1. The molecule has 110 valence electrons. The molecule has 3 rings (SSSR count). The Balaban J connectivity index is 1.78. The number of ketones is 1. The lowest BCUT2D eigenvalue weighted by atomic mass is 10.1. The molecule has 1 atom stereocenters. The first-order valence-electron chi connectivity index (χ1n) is 7.40. The zero-order chi connectivity index (χ0) is 15.5. The van der Waals surface area contributed by atoms with Gasteiger partial charge < -0.3 is 4.74 Å². The number of benzene rings is 3. The Morgan fingerprint density at radius 1 is 0.909 bits per heavy atom. The molecule has 0 aliphatic carbocycles. The quantitative estimate of drug-likeness (QED) is 0.645. The van der Waals surface area contributed by atoms with Gasteiger partial charge in [-0.15, -0.1) is 0 Å². The fourth-order valence-corrected chi connectivity index (χ4v) is 2.45. The van der Waals surface area contributed by atoms with Crippen LogP contribution in [0.15, 0.2) is 66.7 Å². The van der Waals surface area contributed by atoms with Crippen molar-refractivity contribution >= 4 is 16.6 Å². The van der Waals surface area contributed by atoms with Crippen LogP contribution in [0.4, 0.5) is 0 Å². The molecule has 0 amide bonds. The van der Waals surface area contributed by atoms with E-state index in [9.17, 15) is 4.79 Å². The van der Waals surface area contributed by atoms with Gasteiger partial charge in [0.1, 0.15) is 5.75 Å². The molecule has 0 heterocycles. The van der Waals surface area contributed by atoms with E-state index in [0.29, 0.717) is 11.3 Å². The van der Waals surface area contributed by atoms with Gasteiger partial charge in [0, 0.05) is 5.56 Å². The second-order valence-electron chi connectivity index (χ2n) is 5.50. The number of ether oxygens (including phenoxy) is 1. The van der Waals surface area contributed by atoms with Crippen LogP contribution in [0, 0.1) is 6.92 Å². The topological polar surface area (TPSA) is 26.3 Å². The summed E-state index contributed by atoms with van der Waals surface area (Å²) in [6, 6.07) is 21.5. The highest BCUT2D eigenvalue weighted by molar-refractivity contribution is 5.99. The summed E-state index contributed by atoms with van der Waals surface area (Å²) in [4.78, 5) is 12.4. The van der Waals surface area contributed by atoms with Crippen LogP contribution in [0.5, 0.6) is 5.75 Å². The predicted molar refractivity (Wildman–Crippen MR) is 89.5 cm³/mol. The number of carbonyl (C=O) groups is 1. The van der Waals surface area contributed by atoms with E-state index in [1.54, 1.807) is 6.92 Å². The lowest BCUT2D eigenvalue weighted by Gasteiger charge is -2.14. The monoisotopic (exact) mass is 290 g/mol. The lowest BCUT2D eigenvalue weighted by Crippen LogP contribution is -2.23. The molecule has 0 saturated heterocycles. The third-order valence-electron chi connectivity index (χ3n) is 3.74. The van der Waals surface area contributed by atoms with Crippen molar-refractivity contribution in [2.24, 2.45) is 0 Å². The average molecular weight is 290 g/mol. The summed E-state index contributed by atoms with van der Waals surface area (Å²) in [6.07, 6.45) is -0.510. The second-order valence-corrected chi connectivity index (χ2v) is 5.50. The number of Topliss-reactive ketones (excluding diaryl/α,β-unsaturated/α-hetero) is 1. The Kier molecular flexibility index (Phi) is 3.92. The van der Waals surface area contributed by atoms with Crippen LogP contribution >= 0.6 is 0 Å². The van der Waals surface area contributed by atoms with E-state index in [0.717, 1.165) is 16.3 Å². The highest BCUT2D eigenvalue weighted by Gasteiger charge is 2.16. The van der Waals surface area contributed by atoms with Gasteiger partial charge in [-0.3, -0.25) is 4.79 Å². The first-order chi connectivity index (χ1) is 10.6. The number of fused-ring (bicyclic) bond motifs is 1. The van der Waals surface area contributed by atoms with Crippen molar-refractivity contribution < 1.29 is 9.53 Å². The lowest BCUT2D eigenvalue weighted by molar-refractivity contribution is 0.0818. The maximum atomic E-state index is 12.4. The first-order valence-corrected chi connectivity index (χ1v) is 7.40. The molecule has 3 aromatic carbocycles. The average Bonchev–Trinajstić information content (AvgIpc) is 2.55. The second kappa shape index (κ2) is 6.02. The van der Waals surface area contributed by atoms with Gasteiger partial charge >= 0.3 is 0 Å². The molecule has 2 nitrogen and oxygen atoms in total. The van der Waals surface area contributed by atoms with Crippen LogP contribution in [-0.2, 0) is 0 Å². The molecule has 0 aliphatic heterocycles. The van der Waals surface area contributed by atoms with E-state index in [1.807, 2.05) is 67.6 Å². The third kappa shape index (κ3) is 3.01. The minimum absolute atomic E-state index is 0.00633. The Labute approximate surface area is 130 Å². The fourth-order valence-electron chi connectivity index (χ4n) is 2.45. The summed E-state index contributed by atoms with van der Waals surface area (Å²) < 4.78 is 5.82. The highest BCUT2D eigenvalue weighted by Crippen LogP contribution is 2.22. The van der Waals surface area contributed by atoms with Gasteiger partial charge in [-0.2, -0.15) is 0 Å². The SMILES string of the molecule is Cc1ccc(C(=O)[C@@H](C)Oc2ccc3ccccc3c2)cc1. The minimum atomic E-state index is -0.510. The molecule has 0 aromatic heterocycles. The van der Waals surface area contributed by atoms with Crippen LogP contribution in [-0.4, -0.2) is 11.9 Å². The molecular formula is C20H18O2. The van der Waals surface area contributed by atoms with E-state index in [2.05, 4.69) is 6.07 Å². The van der Waals surface area contributed by atoms with Crippen LogP contribution in [0.25, 0.3) is 10.8 Å². The Morgan fingerprint density at radius 3 is 2.32 bits per heavy atom. The largest absolute Gasteiger partial charge is 0.483 e. The highest BCUT2D eigenvalue weighted by atomic mass is 16.5. The molecule has 0 aliphatic rings. The van der Waals surface area contributed by atoms with Crippen molar-refractivity contribution in [2.75, 3.05) is 0 Å². The fraction of sp³-hybridized carbons (Fsp3) is 0.150. The van der Waals surface area contributed by atoms with E-state index in [-0.39, 0.29) is 5.78 Å². The van der Waals surface area contributed by atoms with Gasteiger partial charge in [-0.1, -0.05) is 60.2 Å². The first kappa shape index (κ1) is 14.3. The number of hydrogen-bond acceptors (Lipinski definition) is 2. The van der Waals surface area contributed by atoms with E-state index in [1.165, 1.54) is 0 Å². The van der Waals surface area contributed by atoms with Crippen LogP contribution < -0.4 is 4.74 Å². The van der Waals surface area contributed by atoms with Crippen molar-refractivity contribution in [2.45, 2.75) is 20.0 Å². The minimum Gasteiger partial charge on any atom is -0.483 e. The zero-order valence-electron chi connectivity index (χ0n) is 12.7. The molecule has 22 heavy (non-hydrogen) atoms. The maximum absolute atomic E-state index is 12.4. The van der Waals surface area contributed by atoms with Gasteiger partial charge in [-0.05, 0) is 36.8 Å². The van der Waals surface area contributed by atoms with Gasteiger partial charge in [0.05, 0.1) is 0 Å². The van der Waals surface area contributed by atoms with Crippen LogP contribution in [0.2, 0.25) is 0 Å². The third-order valence-corrected chi connectivity index (χ3v) is 3.74. The number of aryl methyl sites for hydroxylation is 1. The normalized spacial score (nSPS) is 12.1. The maximum Gasteiger partial charge on any atom is 0.202 e. The summed E-state index contributed by atoms with van der Waals surface area (Å²) in [5.41, 5.74) is 1.82. The van der Waals surface area contributed by atoms with Crippen LogP contribution in [0.1, 0.15) is 22.8 Å². The molecular weight excluding hydrogens is 272 g/mol. The van der Waals surface area contributed by atoms with Crippen molar-refractivity contribution in [3.05, 3.63) is 77.9 Å². The molecule has 0 spiro atoms. The van der Waals surface area contributed by atoms with Gasteiger partial charge in [0.25, 0.3) is 0 Å². The van der Waals surface area contributed by atoms with Gasteiger partial charge in [-0.25, -0.2) is 0 Å². The molecule has 0 bridgehead atoms. The van der Waals surface area contributed by atoms with E-state index in [4.69, 9.17) is 4.74 Å². The summed E-state index contributed by atoms with van der Waals surface area (Å²) in [5, 5.41) is 2.27. The Hall–Kier alpha value is -2.61. The van der Waals surface area contributed by atoms with Crippen molar-refractivity contribution in [3.8, 4) is 5.75 Å². The summed E-state index contributed by atoms with van der Waals surface area (Å²) in [7, 11) is 0. The number of rotatable bonds is 4. The molecule has 3 aromatic rings.